The van der Waals surface area contributed by atoms with Crippen LogP contribution >= 0.6 is 11.6 Å². The van der Waals surface area contributed by atoms with Crippen LogP contribution < -0.4 is 5.32 Å². The molecule has 122 valence electrons. The summed E-state index contributed by atoms with van der Waals surface area (Å²) in [4.78, 5) is 13.2. The first-order valence-corrected chi connectivity index (χ1v) is 8.22. The maximum atomic E-state index is 14.2. The van der Waals surface area contributed by atoms with Crippen LogP contribution in [-0.4, -0.2) is 29.9 Å². The van der Waals surface area contributed by atoms with Crippen LogP contribution in [0.25, 0.3) is 0 Å². The van der Waals surface area contributed by atoms with Gasteiger partial charge in [0.25, 0.3) is 0 Å². The lowest BCUT2D eigenvalue weighted by atomic mass is 9.93. The summed E-state index contributed by atoms with van der Waals surface area (Å²) in [5, 5.41) is 3.99. The van der Waals surface area contributed by atoms with Crippen molar-refractivity contribution in [2.24, 2.45) is 5.92 Å². The van der Waals surface area contributed by atoms with Gasteiger partial charge in [0.2, 0.25) is 5.91 Å². The number of nitrogens with one attached hydrogen (secondary N) is 1. The lowest BCUT2D eigenvalue weighted by Crippen LogP contribution is -2.46. The van der Waals surface area contributed by atoms with E-state index in [-0.39, 0.29) is 23.7 Å². The number of carbonyl (C=O) groups is 1. The first kappa shape index (κ1) is 17.2. The lowest BCUT2D eigenvalue weighted by molar-refractivity contribution is -0.129. The number of hydrogen-bond acceptors (Lipinski definition) is 2. The van der Waals surface area contributed by atoms with Crippen molar-refractivity contribution in [1.29, 1.82) is 0 Å². The van der Waals surface area contributed by atoms with E-state index in [0.29, 0.717) is 16.6 Å². The Hall–Kier alpha value is -1.13. The van der Waals surface area contributed by atoms with Crippen molar-refractivity contribution in [3.8, 4) is 0 Å². The van der Waals surface area contributed by atoms with E-state index in [4.69, 9.17) is 11.6 Å². The zero-order valence-electron chi connectivity index (χ0n) is 13.4. The molecule has 22 heavy (non-hydrogen) atoms. The highest BCUT2D eigenvalue weighted by atomic mass is 35.5. The minimum atomic E-state index is -0.264. The second kappa shape index (κ2) is 7.42. The molecule has 0 aliphatic carbocycles. The Morgan fingerprint density at radius 1 is 1.36 bits per heavy atom. The zero-order chi connectivity index (χ0) is 16.3. The Balaban J connectivity index is 2.05. The number of amides is 1. The summed E-state index contributed by atoms with van der Waals surface area (Å²) < 4.78 is 14.2. The van der Waals surface area contributed by atoms with E-state index < -0.39 is 0 Å². The van der Waals surface area contributed by atoms with Gasteiger partial charge in [0, 0.05) is 42.7 Å². The molecule has 1 N–H and O–H groups in total. The minimum Gasteiger partial charge on any atom is -0.343 e. The molecule has 0 bridgehead atoms. The molecule has 1 aromatic carbocycles. The smallest absolute Gasteiger partial charge is 0.219 e. The number of benzene rings is 1. The van der Waals surface area contributed by atoms with Crippen LogP contribution in [0.3, 0.4) is 0 Å². The second-order valence-corrected chi connectivity index (χ2v) is 6.77. The van der Waals surface area contributed by atoms with Gasteiger partial charge in [0.1, 0.15) is 5.82 Å². The Bertz CT molecular complexity index is 527. The molecule has 0 unspecified atom stereocenters. The minimum absolute atomic E-state index is 0.0499. The van der Waals surface area contributed by atoms with Crippen LogP contribution in [0.1, 0.15) is 45.2 Å². The molecule has 1 aromatic rings. The van der Waals surface area contributed by atoms with Gasteiger partial charge in [0.15, 0.2) is 0 Å². The van der Waals surface area contributed by atoms with E-state index in [1.807, 2.05) is 4.90 Å². The number of hydrogen-bond donors (Lipinski definition) is 1. The molecule has 0 spiro atoms. The van der Waals surface area contributed by atoms with Crippen LogP contribution in [0.5, 0.6) is 0 Å². The highest BCUT2D eigenvalue weighted by Gasteiger charge is 2.26. The summed E-state index contributed by atoms with van der Waals surface area (Å²) in [5.41, 5.74) is 0.661. The standard InChI is InChI=1S/C17H24ClFN2O/c1-11(2)17(15-5-4-13(18)10-16(15)19)20-14-6-8-21(9-7-14)12(3)22/h4-5,10-11,14,17,20H,6-9H2,1-3H3/t17-/m0/s1. The predicted octanol–water partition coefficient (Wildman–Crippen LogP) is 3.78. The highest BCUT2D eigenvalue weighted by molar-refractivity contribution is 6.30. The van der Waals surface area contributed by atoms with E-state index in [0.717, 1.165) is 25.9 Å². The Morgan fingerprint density at radius 3 is 2.50 bits per heavy atom. The fourth-order valence-electron chi connectivity index (χ4n) is 3.01. The fraction of sp³-hybridized carbons (Fsp3) is 0.588. The lowest BCUT2D eigenvalue weighted by Gasteiger charge is -2.35. The summed E-state index contributed by atoms with van der Waals surface area (Å²) in [6.07, 6.45) is 1.80. The molecule has 1 heterocycles. The van der Waals surface area contributed by atoms with Gasteiger partial charge < -0.3 is 10.2 Å². The average Bonchev–Trinajstić information content (AvgIpc) is 2.45. The molecule has 5 heteroatoms. The summed E-state index contributed by atoms with van der Waals surface area (Å²) >= 11 is 5.84. The quantitative estimate of drug-likeness (QED) is 0.913. The van der Waals surface area contributed by atoms with E-state index in [1.165, 1.54) is 6.07 Å². The molecule has 0 aromatic heterocycles. The molecule has 0 saturated carbocycles. The van der Waals surface area contributed by atoms with Crippen LogP contribution in [0.4, 0.5) is 4.39 Å². The first-order chi connectivity index (χ1) is 10.4. The summed E-state index contributed by atoms with van der Waals surface area (Å²) in [6.45, 7) is 7.29. The van der Waals surface area contributed by atoms with Crippen LogP contribution in [0.2, 0.25) is 5.02 Å². The van der Waals surface area contributed by atoms with Gasteiger partial charge in [-0.25, -0.2) is 4.39 Å². The molecule has 1 atom stereocenters. The number of rotatable bonds is 4. The molecular weight excluding hydrogens is 303 g/mol. The second-order valence-electron chi connectivity index (χ2n) is 6.33. The normalized spacial score (nSPS) is 17.8. The maximum Gasteiger partial charge on any atom is 0.219 e. The maximum absolute atomic E-state index is 14.2. The van der Waals surface area contributed by atoms with Crippen molar-refractivity contribution >= 4 is 17.5 Å². The summed E-state index contributed by atoms with van der Waals surface area (Å²) in [7, 11) is 0. The Labute approximate surface area is 136 Å². The number of piperidine rings is 1. The molecule has 1 saturated heterocycles. The van der Waals surface area contributed by atoms with Crippen molar-refractivity contribution in [1.82, 2.24) is 10.2 Å². The third-order valence-electron chi connectivity index (χ3n) is 4.32. The Kier molecular flexibility index (Phi) is 5.81. The van der Waals surface area contributed by atoms with Crippen molar-refractivity contribution in [2.75, 3.05) is 13.1 Å². The van der Waals surface area contributed by atoms with E-state index in [2.05, 4.69) is 19.2 Å². The van der Waals surface area contributed by atoms with Gasteiger partial charge >= 0.3 is 0 Å². The predicted molar refractivity (Wildman–Crippen MR) is 87.4 cm³/mol. The fourth-order valence-corrected chi connectivity index (χ4v) is 3.17. The van der Waals surface area contributed by atoms with Gasteiger partial charge in [-0.05, 0) is 30.9 Å². The third kappa shape index (κ3) is 4.20. The molecule has 1 aliphatic rings. The van der Waals surface area contributed by atoms with Gasteiger partial charge in [-0.2, -0.15) is 0 Å². The monoisotopic (exact) mass is 326 g/mol. The van der Waals surface area contributed by atoms with Crippen LogP contribution in [0.15, 0.2) is 18.2 Å². The zero-order valence-corrected chi connectivity index (χ0v) is 14.2. The van der Waals surface area contributed by atoms with E-state index >= 15 is 0 Å². The summed E-state index contributed by atoms with van der Waals surface area (Å²) in [5.74, 6) is 0.129. The highest BCUT2D eigenvalue weighted by Crippen LogP contribution is 2.28. The third-order valence-corrected chi connectivity index (χ3v) is 4.55. The molecule has 1 amide bonds. The van der Waals surface area contributed by atoms with E-state index in [1.54, 1.807) is 19.1 Å². The number of carbonyl (C=O) groups excluding carboxylic acids is 1. The molecular formula is C17H24ClFN2O. The molecule has 2 rings (SSSR count). The number of halogens is 2. The van der Waals surface area contributed by atoms with Gasteiger partial charge in [-0.3, -0.25) is 4.79 Å². The number of likely N-dealkylation sites (tertiary alicyclic amines) is 1. The van der Waals surface area contributed by atoms with Gasteiger partial charge in [-0.1, -0.05) is 31.5 Å². The average molecular weight is 327 g/mol. The van der Waals surface area contributed by atoms with Crippen molar-refractivity contribution in [3.05, 3.63) is 34.6 Å². The van der Waals surface area contributed by atoms with Crippen molar-refractivity contribution in [2.45, 2.75) is 45.7 Å². The number of nitrogens with zero attached hydrogens (tertiary/aromatic N) is 1. The largest absolute Gasteiger partial charge is 0.343 e. The van der Waals surface area contributed by atoms with Crippen LogP contribution in [0, 0.1) is 11.7 Å². The Morgan fingerprint density at radius 2 is 2.00 bits per heavy atom. The molecule has 1 fully saturated rings. The SMILES string of the molecule is CC(=O)N1CCC(N[C@H](c2ccc(Cl)cc2F)C(C)C)CC1. The van der Waals surface area contributed by atoms with Crippen molar-refractivity contribution in [3.63, 3.8) is 0 Å². The molecule has 1 aliphatic heterocycles. The van der Waals surface area contributed by atoms with Gasteiger partial charge in [0.05, 0.1) is 0 Å². The summed E-state index contributed by atoms with van der Waals surface area (Å²) in [6, 6.07) is 5.12. The topological polar surface area (TPSA) is 32.3 Å². The molecule has 3 nitrogen and oxygen atoms in total. The van der Waals surface area contributed by atoms with Crippen molar-refractivity contribution < 1.29 is 9.18 Å². The first-order valence-electron chi connectivity index (χ1n) is 7.85. The van der Waals surface area contributed by atoms with E-state index in [9.17, 15) is 9.18 Å². The van der Waals surface area contributed by atoms with Crippen LogP contribution in [-0.2, 0) is 4.79 Å². The van der Waals surface area contributed by atoms with Gasteiger partial charge in [-0.15, -0.1) is 0 Å². The molecule has 0 radical (unpaired) electrons.